The van der Waals surface area contributed by atoms with Gasteiger partial charge in [0.25, 0.3) is 0 Å². The van der Waals surface area contributed by atoms with E-state index in [1.165, 1.54) is 11.4 Å². The zero-order valence-electron chi connectivity index (χ0n) is 13.4. The molecule has 0 unspecified atom stereocenters. The van der Waals surface area contributed by atoms with Gasteiger partial charge in [-0.1, -0.05) is 6.07 Å². The molecule has 1 aromatic rings. The zero-order valence-corrected chi connectivity index (χ0v) is 14.2. The molecule has 0 radical (unpaired) electrons. The maximum Gasteiger partial charge on any atom is 0.243 e. The van der Waals surface area contributed by atoms with Crippen LogP contribution in [-0.2, 0) is 14.8 Å². The molecule has 1 aliphatic heterocycles. The van der Waals surface area contributed by atoms with Crippen molar-refractivity contribution in [1.29, 1.82) is 0 Å². The Balaban J connectivity index is 2.22. The Morgan fingerprint density at radius 2 is 2.18 bits per heavy atom. The van der Waals surface area contributed by atoms with Crippen molar-refractivity contribution in [1.82, 2.24) is 9.21 Å². The molecule has 1 heterocycles. The van der Waals surface area contributed by atoms with Gasteiger partial charge in [0.05, 0.1) is 25.2 Å². The minimum atomic E-state index is -3.53. The van der Waals surface area contributed by atoms with Gasteiger partial charge in [-0.15, -0.1) is 0 Å². The van der Waals surface area contributed by atoms with Gasteiger partial charge in [-0.25, -0.2) is 8.42 Å². The summed E-state index contributed by atoms with van der Waals surface area (Å²) in [5.41, 5.74) is 0. The summed E-state index contributed by atoms with van der Waals surface area (Å²) >= 11 is 0. The summed E-state index contributed by atoms with van der Waals surface area (Å²) in [4.78, 5) is 2.31. The number of nitrogens with zero attached hydrogens (tertiary/aromatic N) is 2. The van der Waals surface area contributed by atoms with Gasteiger partial charge in [0.1, 0.15) is 5.75 Å². The Morgan fingerprint density at radius 1 is 1.41 bits per heavy atom. The van der Waals surface area contributed by atoms with Crippen molar-refractivity contribution in [3.8, 4) is 5.75 Å². The highest BCUT2D eigenvalue weighted by molar-refractivity contribution is 7.89. The molecule has 1 atom stereocenters. The third-order valence-electron chi connectivity index (χ3n) is 3.60. The maximum absolute atomic E-state index is 12.8. The van der Waals surface area contributed by atoms with E-state index in [0.29, 0.717) is 32.1 Å². The number of rotatable bonds is 5. The Kier molecular flexibility index (Phi) is 5.80. The highest BCUT2D eigenvalue weighted by Crippen LogP contribution is 2.22. The van der Waals surface area contributed by atoms with Crippen LogP contribution < -0.4 is 4.74 Å². The first-order chi connectivity index (χ1) is 10.4. The van der Waals surface area contributed by atoms with Crippen LogP contribution in [0.25, 0.3) is 0 Å². The van der Waals surface area contributed by atoms with Crippen LogP contribution in [0.15, 0.2) is 29.2 Å². The van der Waals surface area contributed by atoms with Crippen LogP contribution in [0, 0.1) is 5.92 Å². The second-order valence-corrected chi connectivity index (χ2v) is 7.68. The average Bonchev–Trinajstić information content (AvgIpc) is 2.72. The molecular weight excluding hydrogens is 304 g/mol. The van der Waals surface area contributed by atoms with Crippen LogP contribution in [0.3, 0.4) is 0 Å². The van der Waals surface area contributed by atoms with Crippen molar-refractivity contribution >= 4 is 10.0 Å². The van der Waals surface area contributed by atoms with E-state index in [9.17, 15) is 8.42 Å². The molecule has 0 spiro atoms. The SMILES string of the molecule is COc1cccc(S(=O)(=O)N2CCOC[C@H](CN(C)C)C2)c1. The smallest absolute Gasteiger partial charge is 0.243 e. The fourth-order valence-corrected chi connectivity index (χ4v) is 4.14. The number of hydrogen-bond donors (Lipinski definition) is 0. The van der Waals surface area contributed by atoms with Crippen LogP contribution in [0.1, 0.15) is 0 Å². The van der Waals surface area contributed by atoms with E-state index in [1.54, 1.807) is 24.3 Å². The summed E-state index contributed by atoms with van der Waals surface area (Å²) in [6.45, 7) is 2.65. The zero-order chi connectivity index (χ0) is 16.2. The van der Waals surface area contributed by atoms with Gasteiger partial charge in [-0.3, -0.25) is 0 Å². The standard InChI is InChI=1S/C15H24N2O4S/c1-16(2)10-13-11-17(7-8-21-12-13)22(18,19)15-6-4-5-14(9-15)20-3/h4-6,9,13H,7-8,10-12H2,1-3H3/t13-/m1/s1. The fourth-order valence-electron chi connectivity index (χ4n) is 2.60. The molecule has 0 saturated carbocycles. The van der Waals surface area contributed by atoms with Crippen molar-refractivity contribution in [2.75, 3.05) is 54.1 Å². The van der Waals surface area contributed by atoms with Crippen LogP contribution >= 0.6 is 0 Å². The molecule has 2 rings (SSSR count). The van der Waals surface area contributed by atoms with Gasteiger partial charge in [0, 0.05) is 31.6 Å². The molecule has 0 aliphatic carbocycles. The van der Waals surface area contributed by atoms with Crippen LogP contribution in [-0.4, -0.2) is 71.7 Å². The minimum absolute atomic E-state index is 0.165. The second kappa shape index (κ2) is 7.41. The number of ether oxygens (including phenoxy) is 2. The summed E-state index contributed by atoms with van der Waals surface area (Å²) in [5, 5.41) is 0. The lowest BCUT2D eigenvalue weighted by atomic mass is 10.1. The summed E-state index contributed by atoms with van der Waals surface area (Å²) in [7, 11) is 1.95. The molecule has 1 aromatic carbocycles. The van der Waals surface area contributed by atoms with Crippen LogP contribution in [0.5, 0.6) is 5.75 Å². The van der Waals surface area contributed by atoms with Crippen molar-refractivity contribution in [2.45, 2.75) is 4.90 Å². The topological polar surface area (TPSA) is 59.1 Å². The third kappa shape index (κ3) is 4.19. The summed E-state index contributed by atoms with van der Waals surface area (Å²) in [6, 6.07) is 6.59. The number of benzene rings is 1. The van der Waals surface area contributed by atoms with Gasteiger partial charge < -0.3 is 14.4 Å². The van der Waals surface area contributed by atoms with Gasteiger partial charge in [-0.05, 0) is 26.2 Å². The normalized spacial score (nSPS) is 20.8. The lowest BCUT2D eigenvalue weighted by molar-refractivity contribution is 0.113. The van der Waals surface area contributed by atoms with E-state index in [0.717, 1.165) is 6.54 Å². The highest BCUT2D eigenvalue weighted by atomic mass is 32.2. The van der Waals surface area contributed by atoms with E-state index in [-0.39, 0.29) is 10.8 Å². The van der Waals surface area contributed by atoms with Crippen molar-refractivity contribution in [3.05, 3.63) is 24.3 Å². The van der Waals surface area contributed by atoms with Crippen molar-refractivity contribution in [3.63, 3.8) is 0 Å². The molecule has 0 aromatic heterocycles. The van der Waals surface area contributed by atoms with Crippen molar-refractivity contribution < 1.29 is 17.9 Å². The predicted molar refractivity (Wildman–Crippen MR) is 84.6 cm³/mol. The van der Waals surface area contributed by atoms with Gasteiger partial charge >= 0.3 is 0 Å². The quantitative estimate of drug-likeness (QED) is 0.803. The maximum atomic E-state index is 12.8. The molecule has 1 aliphatic rings. The molecule has 7 heteroatoms. The molecule has 22 heavy (non-hydrogen) atoms. The summed E-state index contributed by atoms with van der Waals surface area (Å²) < 4.78 is 37.9. The molecule has 1 fully saturated rings. The number of methoxy groups -OCH3 is 1. The molecule has 124 valence electrons. The molecule has 0 amide bonds. The Morgan fingerprint density at radius 3 is 2.86 bits per heavy atom. The van der Waals surface area contributed by atoms with E-state index in [4.69, 9.17) is 9.47 Å². The third-order valence-corrected chi connectivity index (χ3v) is 5.46. The molecule has 0 bridgehead atoms. The number of hydrogen-bond acceptors (Lipinski definition) is 5. The predicted octanol–water partition coefficient (Wildman–Crippen LogP) is 0.894. The minimum Gasteiger partial charge on any atom is -0.497 e. The van der Waals surface area contributed by atoms with E-state index < -0.39 is 10.0 Å². The van der Waals surface area contributed by atoms with E-state index in [2.05, 4.69) is 4.90 Å². The van der Waals surface area contributed by atoms with Crippen LogP contribution in [0.4, 0.5) is 0 Å². The largest absolute Gasteiger partial charge is 0.497 e. The molecule has 0 N–H and O–H groups in total. The molecule has 6 nitrogen and oxygen atoms in total. The fraction of sp³-hybridized carbons (Fsp3) is 0.600. The van der Waals surface area contributed by atoms with E-state index >= 15 is 0 Å². The lowest BCUT2D eigenvalue weighted by Crippen LogP contribution is -2.38. The Bertz CT molecular complexity index is 589. The van der Waals surface area contributed by atoms with Gasteiger partial charge in [0.2, 0.25) is 10.0 Å². The lowest BCUT2D eigenvalue weighted by Gasteiger charge is -2.25. The summed E-state index contributed by atoms with van der Waals surface area (Å²) in [6.07, 6.45) is 0. The van der Waals surface area contributed by atoms with Crippen molar-refractivity contribution in [2.24, 2.45) is 5.92 Å². The van der Waals surface area contributed by atoms with Gasteiger partial charge in [0.15, 0.2) is 0 Å². The molecule has 1 saturated heterocycles. The monoisotopic (exact) mass is 328 g/mol. The first-order valence-corrected chi connectivity index (χ1v) is 8.74. The first-order valence-electron chi connectivity index (χ1n) is 7.30. The average molecular weight is 328 g/mol. The highest BCUT2D eigenvalue weighted by Gasteiger charge is 2.29. The first kappa shape index (κ1) is 17.2. The second-order valence-electron chi connectivity index (χ2n) is 5.75. The van der Waals surface area contributed by atoms with Crippen LogP contribution in [0.2, 0.25) is 0 Å². The van der Waals surface area contributed by atoms with E-state index in [1.807, 2.05) is 14.1 Å². The Labute approximate surface area is 132 Å². The number of sulfonamides is 1. The summed E-state index contributed by atoms with van der Waals surface area (Å²) in [5.74, 6) is 0.704. The van der Waals surface area contributed by atoms with Gasteiger partial charge in [-0.2, -0.15) is 4.31 Å². The molecular formula is C15H24N2O4S. The Hall–Kier alpha value is -1.15.